The lowest BCUT2D eigenvalue weighted by molar-refractivity contribution is 0.876. The summed E-state index contributed by atoms with van der Waals surface area (Å²) in [4.78, 5) is 30.1. The van der Waals surface area contributed by atoms with Crippen molar-refractivity contribution in [3.63, 3.8) is 0 Å². The van der Waals surface area contributed by atoms with E-state index in [1.165, 1.54) is 22.1 Å². The van der Waals surface area contributed by atoms with E-state index in [2.05, 4.69) is 9.97 Å². The van der Waals surface area contributed by atoms with Crippen molar-refractivity contribution in [2.24, 2.45) is 0 Å². The van der Waals surface area contributed by atoms with Crippen molar-refractivity contribution < 1.29 is 0 Å². The van der Waals surface area contributed by atoms with Gasteiger partial charge in [-0.05, 0) is 13.8 Å². The highest BCUT2D eigenvalue weighted by Crippen LogP contribution is 2.18. The lowest BCUT2D eigenvalue weighted by Crippen LogP contribution is -2.29. The van der Waals surface area contributed by atoms with Crippen LogP contribution in [0.2, 0.25) is 0 Å². The zero-order chi connectivity index (χ0) is 12.6. The van der Waals surface area contributed by atoms with Crippen molar-refractivity contribution in [1.29, 1.82) is 5.26 Å². The molecule has 0 amide bonds. The lowest BCUT2D eigenvalue weighted by Gasteiger charge is -1.99. The Balaban J connectivity index is 2.72. The number of aryl methyl sites for hydroxylation is 2. The van der Waals surface area contributed by atoms with Gasteiger partial charge < -0.3 is 0 Å². The van der Waals surface area contributed by atoms with E-state index in [1.807, 2.05) is 13.8 Å². The SMILES string of the molecule is Cc1nc(-n2cc(C#N)c(=O)[nH]c2=O)sc1C. The summed E-state index contributed by atoms with van der Waals surface area (Å²) in [7, 11) is 0. The van der Waals surface area contributed by atoms with Crippen LogP contribution in [0.1, 0.15) is 16.1 Å². The summed E-state index contributed by atoms with van der Waals surface area (Å²) in [6.07, 6.45) is 1.21. The number of hydrogen-bond donors (Lipinski definition) is 1. The van der Waals surface area contributed by atoms with Crippen LogP contribution in [-0.2, 0) is 0 Å². The van der Waals surface area contributed by atoms with Crippen LogP contribution in [0, 0.1) is 25.2 Å². The quantitative estimate of drug-likeness (QED) is 0.794. The summed E-state index contributed by atoms with van der Waals surface area (Å²) in [6, 6.07) is 1.73. The molecule has 0 unspecified atom stereocenters. The first-order valence-electron chi connectivity index (χ1n) is 4.73. The summed E-state index contributed by atoms with van der Waals surface area (Å²) in [5.41, 5.74) is -0.571. The van der Waals surface area contributed by atoms with E-state index in [1.54, 1.807) is 6.07 Å². The summed E-state index contributed by atoms with van der Waals surface area (Å²) in [6.45, 7) is 3.72. The largest absolute Gasteiger partial charge is 0.334 e. The second kappa shape index (κ2) is 3.99. The summed E-state index contributed by atoms with van der Waals surface area (Å²) in [5, 5.41) is 9.18. The van der Waals surface area contributed by atoms with Gasteiger partial charge in [-0.1, -0.05) is 0 Å². The Morgan fingerprint density at radius 1 is 1.47 bits per heavy atom. The second-order valence-electron chi connectivity index (χ2n) is 3.42. The number of H-pyrrole nitrogens is 1. The molecule has 7 heteroatoms. The van der Waals surface area contributed by atoms with E-state index in [0.29, 0.717) is 5.13 Å². The molecule has 0 aliphatic heterocycles. The Labute approximate surface area is 99.8 Å². The highest BCUT2D eigenvalue weighted by molar-refractivity contribution is 7.14. The van der Waals surface area contributed by atoms with Gasteiger partial charge in [0.15, 0.2) is 5.13 Å². The van der Waals surface area contributed by atoms with Crippen LogP contribution in [0.25, 0.3) is 5.13 Å². The third kappa shape index (κ3) is 1.90. The Morgan fingerprint density at radius 2 is 2.18 bits per heavy atom. The molecule has 0 spiro atoms. The second-order valence-corrected chi connectivity index (χ2v) is 4.60. The molecule has 0 radical (unpaired) electrons. The first-order valence-corrected chi connectivity index (χ1v) is 5.55. The fourth-order valence-corrected chi connectivity index (χ4v) is 2.14. The van der Waals surface area contributed by atoms with Gasteiger partial charge in [0.2, 0.25) is 0 Å². The van der Waals surface area contributed by atoms with Crippen molar-refractivity contribution >= 4 is 11.3 Å². The first kappa shape index (κ1) is 11.3. The molecular formula is C10H8N4O2S. The van der Waals surface area contributed by atoms with E-state index in [0.717, 1.165) is 10.6 Å². The minimum atomic E-state index is -0.682. The van der Waals surface area contributed by atoms with Crippen molar-refractivity contribution in [3.8, 4) is 11.2 Å². The highest BCUT2D eigenvalue weighted by atomic mass is 32.1. The van der Waals surface area contributed by atoms with E-state index in [4.69, 9.17) is 5.26 Å². The topological polar surface area (TPSA) is 91.5 Å². The molecule has 17 heavy (non-hydrogen) atoms. The Hall–Kier alpha value is -2.20. The van der Waals surface area contributed by atoms with E-state index >= 15 is 0 Å². The van der Waals surface area contributed by atoms with Crippen LogP contribution >= 0.6 is 11.3 Å². The molecular weight excluding hydrogens is 240 g/mol. The molecule has 6 nitrogen and oxygen atoms in total. The zero-order valence-corrected chi connectivity index (χ0v) is 9.96. The molecule has 2 aromatic rings. The van der Waals surface area contributed by atoms with Gasteiger partial charge >= 0.3 is 5.69 Å². The van der Waals surface area contributed by atoms with Crippen LogP contribution in [0.15, 0.2) is 15.8 Å². The molecule has 0 bridgehead atoms. The van der Waals surface area contributed by atoms with Gasteiger partial charge in [0.05, 0.1) is 5.69 Å². The van der Waals surface area contributed by atoms with Gasteiger partial charge in [0, 0.05) is 11.1 Å². The average Bonchev–Trinajstić information content (AvgIpc) is 2.59. The summed E-state index contributed by atoms with van der Waals surface area (Å²) in [5.74, 6) is 0. The molecule has 86 valence electrons. The predicted molar refractivity (Wildman–Crippen MR) is 62.5 cm³/mol. The number of aromatic amines is 1. The summed E-state index contributed by atoms with van der Waals surface area (Å²) < 4.78 is 1.17. The maximum absolute atomic E-state index is 11.6. The maximum atomic E-state index is 11.6. The van der Waals surface area contributed by atoms with Crippen LogP contribution < -0.4 is 11.2 Å². The fraction of sp³-hybridized carbons (Fsp3) is 0.200. The number of aromatic nitrogens is 3. The molecule has 0 saturated carbocycles. The average molecular weight is 248 g/mol. The monoisotopic (exact) mass is 248 g/mol. The number of nitriles is 1. The minimum Gasteiger partial charge on any atom is -0.272 e. The number of thiazole rings is 1. The third-order valence-electron chi connectivity index (χ3n) is 2.29. The normalized spacial score (nSPS) is 10.2. The molecule has 1 N–H and O–H groups in total. The first-order chi connectivity index (χ1) is 8.02. The Bertz CT molecular complexity index is 712. The van der Waals surface area contributed by atoms with Crippen LogP contribution in [0.3, 0.4) is 0 Å². The van der Waals surface area contributed by atoms with Crippen molar-refractivity contribution in [3.05, 3.63) is 43.2 Å². The molecule has 0 aromatic carbocycles. The number of nitrogens with one attached hydrogen (secondary N) is 1. The molecule has 0 saturated heterocycles. The minimum absolute atomic E-state index is 0.116. The molecule has 0 fully saturated rings. The van der Waals surface area contributed by atoms with Crippen LogP contribution in [0.5, 0.6) is 0 Å². The fourth-order valence-electron chi connectivity index (χ4n) is 1.25. The van der Waals surface area contributed by atoms with Gasteiger partial charge in [0.25, 0.3) is 5.56 Å². The van der Waals surface area contributed by atoms with Crippen LogP contribution in [0.4, 0.5) is 0 Å². The lowest BCUT2D eigenvalue weighted by atomic mass is 10.4. The molecule has 0 aliphatic carbocycles. The predicted octanol–water partition coefficient (Wildman–Crippen LogP) is 0.471. The summed E-state index contributed by atoms with van der Waals surface area (Å²) >= 11 is 1.33. The molecule has 2 rings (SSSR count). The molecule has 2 aromatic heterocycles. The highest BCUT2D eigenvalue weighted by Gasteiger charge is 2.10. The van der Waals surface area contributed by atoms with Crippen LogP contribution in [-0.4, -0.2) is 14.5 Å². The smallest absolute Gasteiger partial charge is 0.272 e. The zero-order valence-electron chi connectivity index (χ0n) is 9.14. The van der Waals surface area contributed by atoms with Crippen molar-refractivity contribution in [2.75, 3.05) is 0 Å². The number of hydrogen-bond acceptors (Lipinski definition) is 5. The van der Waals surface area contributed by atoms with E-state index < -0.39 is 11.2 Å². The third-order valence-corrected chi connectivity index (χ3v) is 3.36. The van der Waals surface area contributed by atoms with Gasteiger partial charge in [-0.2, -0.15) is 5.26 Å². The number of rotatable bonds is 1. The van der Waals surface area contributed by atoms with Gasteiger partial charge in [0.1, 0.15) is 11.6 Å². The van der Waals surface area contributed by atoms with E-state index in [9.17, 15) is 9.59 Å². The van der Waals surface area contributed by atoms with Crippen molar-refractivity contribution in [2.45, 2.75) is 13.8 Å². The van der Waals surface area contributed by atoms with Crippen molar-refractivity contribution in [1.82, 2.24) is 14.5 Å². The van der Waals surface area contributed by atoms with E-state index in [-0.39, 0.29) is 5.56 Å². The van der Waals surface area contributed by atoms with Gasteiger partial charge in [-0.15, -0.1) is 11.3 Å². The Kier molecular flexibility index (Phi) is 2.65. The molecule has 2 heterocycles. The maximum Gasteiger partial charge on any atom is 0.334 e. The molecule has 0 atom stereocenters. The standard InChI is InChI=1S/C10H8N4O2S/c1-5-6(2)17-10(12-5)14-4-7(3-11)8(15)13-9(14)16/h4H,1-2H3,(H,13,15,16). The number of nitrogens with zero attached hydrogens (tertiary/aromatic N) is 3. The molecule has 0 aliphatic rings. The van der Waals surface area contributed by atoms with Gasteiger partial charge in [-0.3, -0.25) is 9.78 Å². The Morgan fingerprint density at radius 3 is 2.71 bits per heavy atom. The van der Waals surface area contributed by atoms with Gasteiger partial charge in [-0.25, -0.2) is 14.3 Å².